The maximum absolute atomic E-state index is 10.8. The molecule has 2 aromatic rings. The number of benzene rings is 1. The van der Waals surface area contributed by atoms with Crippen LogP contribution in [-0.2, 0) is 0 Å². The molecule has 0 aliphatic rings. The van der Waals surface area contributed by atoms with Gasteiger partial charge in [-0.25, -0.2) is 9.59 Å². The Kier molecular flexibility index (Phi) is 3.90. The van der Waals surface area contributed by atoms with Crippen molar-refractivity contribution in [2.45, 2.75) is 0 Å². The van der Waals surface area contributed by atoms with Crippen molar-refractivity contribution in [3.63, 3.8) is 0 Å². The molecule has 6 heteroatoms. The first-order valence-corrected chi connectivity index (χ1v) is 4.49. The molecule has 2 N–H and O–H groups in total. The monoisotopic (exact) mass is 242 g/mol. The van der Waals surface area contributed by atoms with Gasteiger partial charge < -0.3 is 14.6 Å². The molecule has 2 rings (SSSR count). The van der Waals surface area contributed by atoms with Gasteiger partial charge in [0.25, 0.3) is 0 Å². The molecule has 0 saturated heterocycles. The molecular weight excluding hydrogens is 236 g/mol. The minimum Gasteiger partial charge on any atom is -0.507 e. The van der Waals surface area contributed by atoms with Crippen molar-refractivity contribution in [3.05, 3.63) is 40.8 Å². The summed E-state index contributed by atoms with van der Waals surface area (Å²) in [4.78, 5) is 19.5. The molecule has 84 valence electrons. The van der Waals surface area contributed by atoms with Gasteiger partial charge in [-0.05, 0) is 12.1 Å². The summed E-state index contributed by atoms with van der Waals surface area (Å²) in [5.41, 5.74) is -1.49. The molecule has 0 atom stereocenters. The number of aromatic hydroxyl groups is 1. The van der Waals surface area contributed by atoms with Gasteiger partial charge in [-0.15, -0.1) is 0 Å². The van der Waals surface area contributed by atoms with Crippen molar-refractivity contribution in [2.75, 3.05) is 0 Å². The van der Waals surface area contributed by atoms with Crippen LogP contribution in [0.1, 0.15) is 0 Å². The van der Waals surface area contributed by atoms with E-state index in [9.17, 15) is 9.90 Å². The molecule has 0 aliphatic carbocycles. The number of carboxylic acid groups (broad SMARTS) is 1. The lowest BCUT2D eigenvalue weighted by Gasteiger charge is -1.96. The predicted octanol–water partition coefficient (Wildman–Crippen LogP) is 2.40. The lowest BCUT2D eigenvalue weighted by atomic mass is 10.2. The number of rotatable bonds is 0. The lowest BCUT2D eigenvalue weighted by molar-refractivity contribution is 0.220. The Hall–Kier alpha value is -2.01. The zero-order valence-electron chi connectivity index (χ0n) is 7.88. The molecule has 1 aromatic carbocycles. The van der Waals surface area contributed by atoms with Gasteiger partial charge in [-0.1, -0.05) is 12.1 Å². The van der Waals surface area contributed by atoms with E-state index in [-0.39, 0.29) is 5.75 Å². The maximum Gasteiger partial charge on any atom is 0.401 e. The highest BCUT2D eigenvalue weighted by molar-refractivity contribution is 6.60. The van der Waals surface area contributed by atoms with Crippen LogP contribution >= 0.6 is 11.6 Å². The number of para-hydroxylation sites is 1. The Morgan fingerprint density at radius 3 is 2.50 bits per heavy atom. The normalized spacial score (nSPS) is 9.31. The smallest absolute Gasteiger partial charge is 0.401 e. The molecule has 0 bridgehead atoms. The summed E-state index contributed by atoms with van der Waals surface area (Å²) in [7, 11) is 0. The molecule has 0 saturated carbocycles. The largest absolute Gasteiger partial charge is 0.507 e. The summed E-state index contributed by atoms with van der Waals surface area (Å²) in [5.74, 6) is -0.0400. The van der Waals surface area contributed by atoms with E-state index in [4.69, 9.17) is 14.3 Å². The fourth-order valence-electron chi connectivity index (χ4n) is 1.09. The van der Waals surface area contributed by atoms with Crippen LogP contribution in [0, 0.1) is 0 Å². The van der Waals surface area contributed by atoms with Gasteiger partial charge in [0.15, 0.2) is 0 Å². The summed E-state index contributed by atoms with van der Waals surface area (Å²) in [6.07, 6.45) is 0. The van der Waals surface area contributed by atoms with Crippen LogP contribution in [0.15, 0.2) is 39.5 Å². The SMILES string of the molecule is O=C(O)Cl.O=c1cc(O)c2ccccc2o1. The lowest BCUT2D eigenvalue weighted by Crippen LogP contribution is -1.94. The highest BCUT2D eigenvalue weighted by Gasteiger charge is 2.01. The summed E-state index contributed by atoms with van der Waals surface area (Å²) < 4.78 is 4.83. The molecule has 5 nitrogen and oxygen atoms in total. The fraction of sp³-hybridized carbons (Fsp3) is 0. The van der Waals surface area contributed by atoms with E-state index >= 15 is 0 Å². The van der Waals surface area contributed by atoms with Crippen LogP contribution in [0.2, 0.25) is 0 Å². The third-order valence-electron chi connectivity index (χ3n) is 1.63. The van der Waals surface area contributed by atoms with Crippen LogP contribution in [0.3, 0.4) is 0 Å². The van der Waals surface area contributed by atoms with Gasteiger partial charge in [0.2, 0.25) is 0 Å². The van der Waals surface area contributed by atoms with Crippen LogP contribution in [-0.4, -0.2) is 15.6 Å². The predicted molar refractivity (Wildman–Crippen MR) is 58.0 cm³/mol. The van der Waals surface area contributed by atoms with Crippen LogP contribution in [0.25, 0.3) is 11.0 Å². The third kappa shape index (κ3) is 3.29. The first kappa shape index (κ1) is 12.1. The first-order valence-electron chi connectivity index (χ1n) is 4.11. The Bertz CT molecular complexity index is 556. The molecule has 0 fully saturated rings. The molecule has 16 heavy (non-hydrogen) atoms. The van der Waals surface area contributed by atoms with Crippen LogP contribution < -0.4 is 5.63 Å². The highest BCUT2D eigenvalue weighted by atomic mass is 35.5. The van der Waals surface area contributed by atoms with Gasteiger partial charge in [-0.2, -0.15) is 0 Å². The molecule has 1 aromatic heterocycles. The molecule has 0 radical (unpaired) electrons. The molecule has 0 aliphatic heterocycles. The Morgan fingerprint density at radius 1 is 1.31 bits per heavy atom. The minimum atomic E-state index is -1.36. The fourth-order valence-corrected chi connectivity index (χ4v) is 1.09. The summed E-state index contributed by atoms with van der Waals surface area (Å²) in [6, 6.07) is 7.89. The summed E-state index contributed by atoms with van der Waals surface area (Å²) >= 11 is 4.19. The van der Waals surface area contributed by atoms with Crippen molar-refractivity contribution < 1.29 is 19.4 Å². The summed E-state index contributed by atoms with van der Waals surface area (Å²) in [5, 5.41) is 17.0. The molecule has 1 heterocycles. The standard InChI is InChI=1S/C9H6O3.CHClO2/c10-7-5-9(11)12-8-4-2-1-3-6(7)8;2-1(3)4/h1-5,10H;(H,3,4). The number of halogens is 1. The van der Waals surface area contributed by atoms with Gasteiger partial charge in [0.05, 0.1) is 11.5 Å². The Balaban J connectivity index is 0.000000280. The van der Waals surface area contributed by atoms with E-state index in [1.165, 1.54) is 0 Å². The van der Waals surface area contributed by atoms with Crippen LogP contribution in [0.4, 0.5) is 4.79 Å². The van der Waals surface area contributed by atoms with E-state index in [1.807, 2.05) is 0 Å². The molecular formula is C10H7ClO5. The van der Waals surface area contributed by atoms with Crippen molar-refractivity contribution in [2.24, 2.45) is 0 Å². The quantitative estimate of drug-likeness (QED) is 0.547. The number of hydrogen-bond donors (Lipinski definition) is 2. The van der Waals surface area contributed by atoms with Gasteiger partial charge >= 0.3 is 11.1 Å². The molecule has 0 unspecified atom stereocenters. The van der Waals surface area contributed by atoms with E-state index in [0.717, 1.165) is 6.07 Å². The molecule has 0 spiro atoms. The van der Waals surface area contributed by atoms with Crippen molar-refractivity contribution in [3.8, 4) is 5.75 Å². The summed E-state index contributed by atoms with van der Waals surface area (Å²) in [6.45, 7) is 0. The second-order valence-corrected chi connectivity index (χ2v) is 3.02. The number of hydrogen-bond acceptors (Lipinski definition) is 4. The van der Waals surface area contributed by atoms with E-state index in [2.05, 4.69) is 11.6 Å². The average Bonchev–Trinajstić information content (AvgIpc) is 2.16. The second-order valence-electron chi connectivity index (χ2n) is 2.70. The Labute approximate surface area is 94.5 Å². The number of fused-ring (bicyclic) bond motifs is 1. The van der Waals surface area contributed by atoms with Gasteiger partial charge in [0.1, 0.15) is 11.3 Å². The second kappa shape index (κ2) is 5.18. The third-order valence-corrected chi connectivity index (χ3v) is 1.63. The first-order chi connectivity index (χ1) is 7.50. The van der Waals surface area contributed by atoms with E-state index < -0.39 is 11.1 Å². The number of carbonyl (C=O) groups is 1. The zero-order chi connectivity index (χ0) is 12.1. The maximum atomic E-state index is 10.8. The average molecular weight is 243 g/mol. The van der Waals surface area contributed by atoms with Gasteiger partial charge in [-0.3, -0.25) is 0 Å². The van der Waals surface area contributed by atoms with Crippen LogP contribution in [0.5, 0.6) is 5.75 Å². The van der Waals surface area contributed by atoms with Gasteiger partial charge in [0, 0.05) is 11.6 Å². The van der Waals surface area contributed by atoms with E-state index in [1.54, 1.807) is 24.3 Å². The Morgan fingerprint density at radius 2 is 1.88 bits per heavy atom. The minimum absolute atomic E-state index is 0.0400. The van der Waals surface area contributed by atoms with E-state index in [0.29, 0.717) is 11.0 Å². The van der Waals surface area contributed by atoms with Crippen molar-refractivity contribution >= 4 is 28.0 Å². The van der Waals surface area contributed by atoms with Crippen molar-refractivity contribution in [1.82, 2.24) is 0 Å². The van der Waals surface area contributed by atoms with Crippen molar-refractivity contribution in [1.29, 1.82) is 0 Å². The zero-order valence-corrected chi connectivity index (χ0v) is 8.64. The topological polar surface area (TPSA) is 87.7 Å². The molecule has 0 amide bonds. The highest BCUT2D eigenvalue weighted by Crippen LogP contribution is 2.20.